The highest BCUT2D eigenvalue weighted by atomic mass is 19.4. The maximum atomic E-state index is 13.2. The number of hydrogen-bond donors (Lipinski definition) is 1. The number of halogens is 3. The molecule has 4 rings (SSSR count). The van der Waals surface area contributed by atoms with Crippen molar-refractivity contribution in [2.24, 2.45) is 0 Å². The summed E-state index contributed by atoms with van der Waals surface area (Å²) in [6.45, 7) is 1.83. The van der Waals surface area contributed by atoms with E-state index in [2.05, 4.69) is 0 Å². The lowest BCUT2D eigenvalue weighted by Gasteiger charge is -2.26. The van der Waals surface area contributed by atoms with Crippen LogP contribution in [0.5, 0.6) is 11.5 Å². The number of ketones is 1. The van der Waals surface area contributed by atoms with Gasteiger partial charge in [0, 0.05) is 11.3 Å². The maximum Gasteiger partial charge on any atom is 0.416 e. The number of aliphatic hydroxyl groups excluding tert-OH is 1. The van der Waals surface area contributed by atoms with Crippen molar-refractivity contribution >= 4 is 23.1 Å². The van der Waals surface area contributed by atoms with Gasteiger partial charge in [0.2, 0.25) is 0 Å². The average Bonchev–Trinajstić information content (AvgIpc) is 3.13. The van der Waals surface area contributed by atoms with Crippen LogP contribution in [0.25, 0.3) is 5.76 Å². The van der Waals surface area contributed by atoms with Crippen LogP contribution in [-0.4, -0.2) is 31.0 Å². The number of alkyl halides is 3. The van der Waals surface area contributed by atoms with E-state index in [1.165, 1.54) is 19.1 Å². The summed E-state index contributed by atoms with van der Waals surface area (Å²) < 4.78 is 49.7. The Balaban J connectivity index is 1.94. The van der Waals surface area contributed by atoms with E-state index in [4.69, 9.17) is 9.47 Å². The lowest BCUT2D eigenvalue weighted by atomic mass is 9.94. The van der Waals surface area contributed by atoms with Crippen LogP contribution >= 0.6 is 0 Å². The van der Waals surface area contributed by atoms with Gasteiger partial charge in [0.15, 0.2) is 11.5 Å². The van der Waals surface area contributed by atoms with Crippen molar-refractivity contribution in [3.8, 4) is 11.5 Å². The van der Waals surface area contributed by atoms with Crippen LogP contribution in [0.2, 0.25) is 0 Å². The predicted molar refractivity (Wildman–Crippen MR) is 127 cm³/mol. The Bertz CT molecular complexity index is 1360. The van der Waals surface area contributed by atoms with Crippen molar-refractivity contribution in [3.05, 3.63) is 94.6 Å². The molecule has 1 unspecified atom stereocenters. The summed E-state index contributed by atoms with van der Waals surface area (Å²) >= 11 is 0. The number of aryl methyl sites for hydroxylation is 1. The second kappa shape index (κ2) is 9.41. The largest absolute Gasteiger partial charge is 0.507 e. The minimum Gasteiger partial charge on any atom is -0.507 e. The van der Waals surface area contributed by atoms with E-state index in [1.807, 2.05) is 13.0 Å². The molecule has 0 aliphatic carbocycles. The number of aliphatic hydroxyl groups is 1. The van der Waals surface area contributed by atoms with Gasteiger partial charge >= 0.3 is 6.18 Å². The van der Waals surface area contributed by atoms with Crippen LogP contribution in [0, 0.1) is 6.92 Å². The Hall–Kier alpha value is -4.27. The maximum absolute atomic E-state index is 13.2. The van der Waals surface area contributed by atoms with Crippen molar-refractivity contribution in [1.82, 2.24) is 0 Å². The third-order valence-electron chi connectivity index (χ3n) is 5.93. The number of benzene rings is 3. The molecule has 1 aliphatic heterocycles. The standard InChI is InChI=1S/C27H22F3NO5/c1-15-5-4-6-19(13-15)31-23(17-9-12-20(35-2)21(14-17)36-3)22(25(33)26(31)34)24(32)16-7-10-18(11-8-16)27(28,29)30/h4-14,23,32H,1-3H3/b24-22-. The van der Waals surface area contributed by atoms with E-state index >= 15 is 0 Å². The molecule has 1 amide bonds. The molecule has 0 spiro atoms. The third-order valence-corrected chi connectivity index (χ3v) is 5.93. The smallest absolute Gasteiger partial charge is 0.416 e. The molecule has 9 heteroatoms. The normalized spacial score (nSPS) is 17.4. The SMILES string of the molecule is COc1ccc(C2/C(=C(/O)c3ccc(C(F)(F)F)cc3)C(=O)C(=O)N2c2cccc(C)c2)cc1OC. The second-order valence-corrected chi connectivity index (χ2v) is 8.20. The van der Waals surface area contributed by atoms with E-state index in [0.29, 0.717) is 22.7 Å². The second-order valence-electron chi connectivity index (χ2n) is 8.20. The van der Waals surface area contributed by atoms with Crippen LogP contribution < -0.4 is 14.4 Å². The van der Waals surface area contributed by atoms with Gasteiger partial charge in [-0.1, -0.05) is 30.3 Å². The Morgan fingerprint density at radius 3 is 2.17 bits per heavy atom. The third kappa shape index (κ3) is 4.39. The Morgan fingerprint density at radius 2 is 1.58 bits per heavy atom. The summed E-state index contributed by atoms with van der Waals surface area (Å²) in [7, 11) is 2.89. The number of methoxy groups -OCH3 is 2. The summed E-state index contributed by atoms with van der Waals surface area (Å²) in [6.07, 6.45) is -4.56. The first-order valence-electron chi connectivity index (χ1n) is 10.8. The molecule has 1 atom stereocenters. The van der Waals surface area contributed by atoms with Crippen molar-refractivity contribution in [2.45, 2.75) is 19.1 Å². The molecule has 36 heavy (non-hydrogen) atoms. The van der Waals surface area contributed by atoms with Gasteiger partial charge in [-0.05, 0) is 54.4 Å². The van der Waals surface area contributed by atoms with Gasteiger partial charge in [0.25, 0.3) is 11.7 Å². The quantitative estimate of drug-likeness (QED) is 0.280. The van der Waals surface area contributed by atoms with Gasteiger partial charge in [0.05, 0.1) is 31.4 Å². The van der Waals surface area contributed by atoms with Crippen LogP contribution in [0.1, 0.15) is 28.3 Å². The molecule has 186 valence electrons. The highest BCUT2D eigenvalue weighted by molar-refractivity contribution is 6.51. The Morgan fingerprint density at radius 1 is 0.917 bits per heavy atom. The van der Waals surface area contributed by atoms with Crippen molar-refractivity contribution in [3.63, 3.8) is 0 Å². The average molecular weight is 497 g/mol. The number of carbonyl (C=O) groups excluding carboxylic acids is 2. The summed E-state index contributed by atoms with van der Waals surface area (Å²) in [5, 5.41) is 11.1. The first-order chi connectivity index (χ1) is 17.1. The van der Waals surface area contributed by atoms with Gasteiger partial charge in [-0.25, -0.2) is 0 Å². The fourth-order valence-corrected chi connectivity index (χ4v) is 4.19. The fourth-order valence-electron chi connectivity index (χ4n) is 4.19. The first-order valence-corrected chi connectivity index (χ1v) is 10.8. The molecule has 0 radical (unpaired) electrons. The predicted octanol–water partition coefficient (Wildman–Crippen LogP) is 5.66. The van der Waals surface area contributed by atoms with Gasteiger partial charge in [-0.15, -0.1) is 0 Å². The molecule has 1 saturated heterocycles. The molecule has 3 aromatic rings. The number of Topliss-reactive ketones (excluding diaryl/α,β-unsaturated/α-hetero) is 1. The molecule has 1 aliphatic rings. The minimum absolute atomic E-state index is 0.0317. The van der Waals surface area contributed by atoms with Gasteiger partial charge in [0.1, 0.15) is 5.76 Å². The highest BCUT2D eigenvalue weighted by Gasteiger charge is 2.47. The Kier molecular flexibility index (Phi) is 6.49. The first kappa shape index (κ1) is 24.8. The topological polar surface area (TPSA) is 76.1 Å². The molecule has 0 saturated carbocycles. The molecule has 0 bridgehead atoms. The van der Waals surface area contributed by atoms with E-state index in [-0.39, 0.29) is 11.1 Å². The molecular weight excluding hydrogens is 475 g/mol. The van der Waals surface area contributed by atoms with E-state index in [0.717, 1.165) is 29.8 Å². The fraction of sp³-hybridized carbons (Fsp3) is 0.185. The molecule has 1 fully saturated rings. The number of anilines is 1. The van der Waals surface area contributed by atoms with Crippen molar-refractivity contribution in [1.29, 1.82) is 0 Å². The van der Waals surface area contributed by atoms with Crippen LogP contribution in [0.15, 0.2) is 72.3 Å². The number of hydrogen-bond acceptors (Lipinski definition) is 5. The van der Waals surface area contributed by atoms with Crippen LogP contribution in [0.4, 0.5) is 18.9 Å². The van der Waals surface area contributed by atoms with Crippen molar-refractivity contribution in [2.75, 3.05) is 19.1 Å². The zero-order chi connectivity index (χ0) is 26.2. The molecule has 0 aromatic heterocycles. The molecule has 6 nitrogen and oxygen atoms in total. The van der Waals surface area contributed by atoms with Crippen LogP contribution in [0.3, 0.4) is 0 Å². The summed E-state index contributed by atoms with van der Waals surface area (Å²) in [6, 6.07) is 14.4. The number of carbonyl (C=O) groups is 2. The lowest BCUT2D eigenvalue weighted by molar-refractivity contribution is -0.137. The number of nitrogens with zero attached hydrogens (tertiary/aromatic N) is 1. The van der Waals surface area contributed by atoms with Gasteiger partial charge < -0.3 is 14.6 Å². The van der Waals surface area contributed by atoms with Gasteiger partial charge in [-0.2, -0.15) is 13.2 Å². The zero-order valence-corrected chi connectivity index (χ0v) is 19.6. The Labute approximate surface area is 205 Å². The van der Waals surface area contributed by atoms with Crippen molar-refractivity contribution < 1.29 is 37.3 Å². The van der Waals surface area contributed by atoms with E-state index < -0.39 is 35.2 Å². The van der Waals surface area contributed by atoms with Gasteiger partial charge in [-0.3, -0.25) is 14.5 Å². The molecule has 1 heterocycles. The lowest BCUT2D eigenvalue weighted by Crippen LogP contribution is -2.29. The minimum atomic E-state index is -4.56. The number of ether oxygens (including phenoxy) is 2. The summed E-state index contributed by atoms with van der Waals surface area (Å²) in [5.41, 5.74) is 0.494. The molecule has 1 N–H and O–H groups in total. The monoisotopic (exact) mass is 497 g/mol. The summed E-state index contributed by atoms with van der Waals surface area (Å²) in [4.78, 5) is 27.7. The van der Waals surface area contributed by atoms with E-state index in [9.17, 15) is 27.9 Å². The summed E-state index contributed by atoms with van der Waals surface area (Å²) in [5.74, 6) is -1.68. The van der Waals surface area contributed by atoms with Crippen LogP contribution in [-0.2, 0) is 15.8 Å². The van der Waals surface area contributed by atoms with E-state index in [1.54, 1.807) is 36.4 Å². The molecular formula is C27H22F3NO5. The number of rotatable bonds is 5. The zero-order valence-electron chi connectivity index (χ0n) is 19.6. The highest BCUT2D eigenvalue weighted by Crippen LogP contribution is 2.44. The number of amides is 1. The molecule has 3 aromatic carbocycles.